The van der Waals surface area contributed by atoms with Crippen molar-refractivity contribution in [2.45, 2.75) is 25.7 Å². The Balaban J connectivity index is 1.77. The Kier molecular flexibility index (Phi) is 3.52. The Morgan fingerprint density at radius 3 is 2.62 bits per heavy atom. The van der Waals surface area contributed by atoms with Gasteiger partial charge in [0, 0.05) is 17.3 Å². The van der Waals surface area contributed by atoms with Crippen molar-refractivity contribution in [2.24, 2.45) is 0 Å². The molecule has 6 nitrogen and oxygen atoms in total. The predicted octanol–water partition coefficient (Wildman–Crippen LogP) is 2.80. The van der Waals surface area contributed by atoms with Gasteiger partial charge in [0.1, 0.15) is 5.82 Å². The van der Waals surface area contributed by atoms with Gasteiger partial charge in [-0.05, 0) is 37.8 Å². The topological polar surface area (TPSA) is 76.2 Å². The first-order valence-corrected chi connectivity index (χ1v) is 8.07. The number of amides is 1. The molecule has 4 rings (SSSR count). The van der Waals surface area contributed by atoms with Crippen molar-refractivity contribution in [3.8, 4) is 11.5 Å². The summed E-state index contributed by atoms with van der Waals surface area (Å²) in [4.78, 5) is 20.3. The van der Waals surface area contributed by atoms with E-state index in [1.54, 1.807) is 20.3 Å². The number of rotatable bonds is 3. The fourth-order valence-corrected chi connectivity index (χ4v) is 3.34. The molecule has 0 radical (unpaired) electrons. The molecular weight excluding hydrogens is 306 g/mol. The maximum Gasteiger partial charge on any atom is 0.256 e. The van der Waals surface area contributed by atoms with Crippen LogP contribution in [-0.2, 0) is 17.6 Å². The molecule has 24 heavy (non-hydrogen) atoms. The fourth-order valence-electron chi connectivity index (χ4n) is 3.34. The van der Waals surface area contributed by atoms with Crippen LogP contribution in [0.5, 0.6) is 11.5 Å². The highest BCUT2D eigenvalue weighted by molar-refractivity contribution is 6.35. The van der Waals surface area contributed by atoms with Gasteiger partial charge >= 0.3 is 0 Å². The van der Waals surface area contributed by atoms with Gasteiger partial charge in [0.25, 0.3) is 5.91 Å². The number of imidazole rings is 1. The van der Waals surface area contributed by atoms with Crippen LogP contribution < -0.4 is 14.8 Å². The molecule has 0 saturated heterocycles. The van der Waals surface area contributed by atoms with Crippen LogP contribution in [0.2, 0.25) is 0 Å². The first-order chi connectivity index (χ1) is 11.7. The highest BCUT2D eigenvalue weighted by Crippen LogP contribution is 2.41. The van der Waals surface area contributed by atoms with Gasteiger partial charge in [0.15, 0.2) is 11.5 Å². The maximum atomic E-state index is 12.4. The van der Waals surface area contributed by atoms with Crippen LogP contribution in [0.1, 0.15) is 35.6 Å². The zero-order chi connectivity index (χ0) is 16.7. The molecule has 2 heterocycles. The molecule has 0 atom stereocenters. The number of methoxy groups -OCH3 is 2. The number of hydrogen-bond donors (Lipinski definition) is 2. The van der Waals surface area contributed by atoms with Gasteiger partial charge in [0.05, 0.1) is 31.2 Å². The van der Waals surface area contributed by atoms with Crippen molar-refractivity contribution in [1.29, 1.82) is 0 Å². The number of H-pyrrole nitrogens is 1. The summed E-state index contributed by atoms with van der Waals surface area (Å²) in [6.45, 7) is 0. The van der Waals surface area contributed by atoms with Gasteiger partial charge in [-0.25, -0.2) is 4.98 Å². The molecule has 2 aromatic rings. The average Bonchev–Trinajstić information content (AvgIpc) is 3.14. The third-order valence-corrected chi connectivity index (χ3v) is 4.56. The Bertz CT molecular complexity index is 828. The second-order valence-electron chi connectivity index (χ2n) is 6.02. The van der Waals surface area contributed by atoms with Crippen LogP contribution in [0.3, 0.4) is 0 Å². The molecule has 1 aliphatic carbocycles. The lowest BCUT2D eigenvalue weighted by Gasteiger charge is -2.09. The number of ether oxygens (including phenoxy) is 2. The lowest BCUT2D eigenvalue weighted by molar-refractivity contribution is -0.110. The predicted molar refractivity (Wildman–Crippen MR) is 91.3 cm³/mol. The van der Waals surface area contributed by atoms with E-state index >= 15 is 0 Å². The third kappa shape index (κ3) is 2.35. The van der Waals surface area contributed by atoms with Crippen LogP contribution in [0.4, 0.5) is 5.69 Å². The molecule has 0 fully saturated rings. The molecule has 2 N–H and O–H groups in total. The van der Waals surface area contributed by atoms with Crippen LogP contribution in [-0.4, -0.2) is 30.1 Å². The summed E-state index contributed by atoms with van der Waals surface area (Å²) < 4.78 is 10.6. The molecule has 1 amide bonds. The van der Waals surface area contributed by atoms with Crippen molar-refractivity contribution in [3.05, 3.63) is 34.9 Å². The number of benzene rings is 1. The minimum atomic E-state index is -0.144. The first kappa shape index (κ1) is 14.8. The summed E-state index contributed by atoms with van der Waals surface area (Å²) in [5.74, 6) is 1.77. The van der Waals surface area contributed by atoms with Gasteiger partial charge in [-0.3, -0.25) is 4.79 Å². The second kappa shape index (κ2) is 5.70. The van der Waals surface area contributed by atoms with Crippen molar-refractivity contribution in [2.75, 3.05) is 19.5 Å². The number of fused-ring (bicyclic) bond motifs is 2. The van der Waals surface area contributed by atoms with Gasteiger partial charge in [-0.1, -0.05) is 0 Å². The molecule has 6 heteroatoms. The smallest absolute Gasteiger partial charge is 0.256 e. The van der Waals surface area contributed by atoms with Gasteiger partial charge in [0.2, 0.25) is 0 Å². The first-order valence-electron chi connectivity index (χ1n) is 8.07. The highest BCUT2D eigenvalue weighted by Gasteiger charge is 2.27. The number of aromatic amines is 1. The maximum absolute atomic E-state index is 12.4. The van der Waals surface area contributed by atoms with E-state index in [2.05, 4.69) is 15.3 Å². The van der Waals surface area contributed by atoms with E-state index in [4.69, 9.17) is 9.47 Å². The Morgan fingerprint density at radius 2 is 1.88 bits per heavy atom. The Labute approximate surface area is 139 Å². The number of aromatic nitrogens is 2. The fraction of sp³-hybridized carbons (Fsp3) is 0.333. The summed E-state index contributed by atoms with van der Waals surface area (Å²) in [6, 6.07) is 3.60. The molecule has 0 unspecified atom stereocenters. The van der Waals surface area contributed by atoms with Crippen molar-refractivity contribution in [1.82, 2.24) is 9.97 Å². The second-order valence-corrected chi connectivity index (χ2v) is 6.02. The number of carbonyl (C=O) groups excluding carboxylic acids is 1. The Hall–Kier alpha value is -2.76. The number of hydrogen-bond acceptors (Lipinski definition) is 4. The SMILES string of the molecule is COc1cc2c(cc1OC)C(=Cc1nc3c([nH]1)CCCC3)C(=O)N2. The zero-order valence-corrected chi connectivity index (χ0v) is 13.7. The number of carbonyl (C=O) groups is 1. The van der Waals surface area contributed by atoms with E-state index in [-0.39, 0.29) is 5.91 Å². The number of anilines is 1. The number of nitrogens with one attached hydrogen (secondary N) is 2. The van der Waals surface area contributed by atoms with E-state index in [0.29, 0.717) is 17.1 Å². The van der Waals surface area contributed by atoms with E-state index in [9.17, 15) is 4.79 Å². The molecular formula is C18H19N3O3. The van der Waals surface area contributed by atoms with Crippen LogP contribution in [0.15, 0.2) is 12.1 Å². The molecule has 0 saturated carbocycles. The average molecular weight is 325 g/mol. The van der Waals surface area contributed by atoms with Gasteiger partial charge in [-0.15, -0.1) is 0 Å². The highest BCUT2D eigenvalue weighted by atomic mass is 16.5. The lowest BCUT2D eigenvalue weighted by atomic mass is 10.0. The van der Waals surface area contributed by atoms with Crippen LogP contribution in [0.25, 0.3) is 11.6 Å². The minimum Gasteiger partial charge on any atom is -0.493 e. The summed E-state index contributed by atoms with van der Waals surface area (Å²) in [5.41, 5.74) is 4.42. The number of aryl methyl sites for hydroxylation is 2. The molecule has 0 spiro atoms. The van der Waals surface area contributed by atoms with Gasteiger partial charge in [-0.2, -0.15) is 0 Å². The normalized spacial score (nSPS) is 17.4. The van der Waals surface area contributed by atoms with Crippen LogP contribution >= 0.6 is 0 Å². The largest absolute Gasteiger partial charge is 0.493 e. The van der Waals surface area contributed by atoms with Gasteiger partial charge < -0.3 is 19.8 Å². The molecule has 1 aliphatic heterocycles. The quantitative estimate of drug-likeness (QED) is 0.851. The lowest BCUT2D eigenvalue weighted by Crippen LogP contribution is -2.03. The summed E-state index contributed by atoms with van der Waals surface area (Å²) >= 11 is 0. The van der Waals surface area contributed by atoms with Crippen molar-refractivity contribution in [3.63, 3.8) is 0 Å². The molecule has 1 aromatic heterocycles. The van der Waals surface area contributed by atoms with E-state index in [1.807, 2.05) is 12.1 Å². The van der Waals surface area contributed by atoms with E-state index < -0.39 is 0 Å². The molecule has 2 aliphatic rings. The molecule has 1 aromatic carbocycles. The summed E-state index contributed by atoms with van der Waals surface area (Å²) in [5, 5.41) is 2.87. The van der Waals surface area contributed by atoms with E-state index in [0.717, 1.165) is 35.6 Å². The monoisotopic (exact) mass is 325 g/mol. The standard InChI is InChI=1S/C18H19N3O3/c1-23-15-7-10-11(18(22)21-14(10)9-16(15)24-2)8-17-19-12-5-3-4-6-13(12)20-17/h7-9H,3-6H2,1-2H3,(H,19,20)(H,21,22). The van der Waals surface area contributed by atoms with Crippen molar-refractivity contribution < 1.29 is 14.3 Å². The molecule has 124 valence electrons. The summed E-state index contributed by atoms with van der Waals surface area (Å²) in [6.07, 6.45) is 6.20. The Morgan fingerprint density at radius 1 is 1.12 bits per heavy atom. The van der Waals surface area contributed by atoms with Crippen LogP contribution in [0, 0.1) is 0 Å². The third-order valence-electron chi connectivity index (χ3n) is 4.56. The minimum absolute atomic E-state index is 0.144. The van der Waals surface area contributed by atoms with Crippen molar-refractivity contribution >= 4 is 23.2 Å². The summed E-state index contributed by atoms with van der Waals surface area (Å²) in [7, 11) is 3.16. The zero-order valence-electron chi connectivity index (χ0n) is 13.7. The van der Waals surface area contributed by atoms with E-state index in [1.165, 1.54) is 18.5 Å². The number of nitrogens with zero attached hydrogens (tertiary/aromatic N) is 1. The molecule has 0 bridgehead atoms.